The van der Waals surface area contributed by atoms with E-state index in [0.717, 1.165) is 6.42 Å². The second-order valence-corrected chi connectivity index (χ2v) is 2.84. The Morgan fingerprint density at radius 2 is 2.18 bits per heavy atom. The van der Waals surface area contributed by atoms with Gasteiger partial charge in [0.2, 0.25) is 0 Å². The summed E-state index contributed by atoms with van der Waals surface area (Å²) in [6.45, 7) is 7.56. The molecule has 0 aromatic rings. The van der Waals surface area contributed by atoms with Crippen LogP contribution in [0.2, 0.25) is 0 Å². The lowest BCUT2D eigenvalue weighted by Gasteiger charge is -1.91. The lowest BCUT2D eigenvalue weighted by Crippen LogP contribution is -1.69. The highest BCUT2D eigenvalue weighted by Gasteiger charge is 1.88. The van der Waals surface area contributed by atoms with Crippen LogP contribution in [0.25, 0.3) is 0 Å². The van der Waals surface area contributed by atoms with Crippen molar-refractivity contribution in [3.63, 3.8) is 0 Å². The van der Waals surface area contributed by atoms with Crippen molar-refractivity contribution < 1.29 is 3.89 Å². The molecule has 0 aliphatic carbocycles. The van der Waals surface area contributed by atoms with E-state index in [1.54, 1.807) is 6.08 Å². The van der Waals surface area contributed by atoms with Crippen molar-refractivity contribution in [3.05, 3.63) is 35.3 Å². The summed E-state index contributed by atoms with van der Waals surface area (Å²) in [5, 5.41) is 0. The van der Waals surface area contributed by atoms with Gasteiger partial charge >= 0.3 is 0 Å². The van der Waals surface area contributed by atoms with Crippen LogP contribution in [0.4, 0.5) is 3.89 Å². The Kier molecular flexibility index (Phi) is 5.94. The van der Waals surface area contributed by atoms with Gasteiger partial charge in [0.1, 0.15) is 0 Å². The van der Waals surface area contributed by atoms with Crippen molar-refractivity contribution in [1.82, 2.24) is 0 Å². The highest BCUT2D eigenvalue weighted by Crippen LogP contribution is 2.17. The maximum Gasteiger partial charge on any atom is 0.0811 e. The van der Waals surface area contributed by atoms with Crippen molar-refractivity contribution in [2.45, 2.75) is 20.3 Å². The molecule has 0 aromatic carbocycles. The van der Waals surface area contributed by atoms with Crippen LogP contribution >= 0.6 is 12.1 Å². The van der Waals surface area contributed by atoms with Gasteiger partial charge in [-0.2, -0.15) is 3.89 Å². The van der Waals surface area contributed by atoms with E-state index in [2.05, 4.69) is 13.5 Å². The summed E-state index contributed by atoms with van der Waals surface area (Å²) in [7, 11) is 0. The third-order valence-electron chi connectivity index (χ3n) is 1.38. The molecule has 0 saturated carbocycles. The standard InChI is InChI=1S/C9H13FS/c1-4-8(3)6-7-9(5-2)11-10/h5-7H,2,4H2,1,3H3/b8-6-,9-7+. The van der Waals surface area contributed by atoms with Gasteiger partial charge in [0.05, 0.1) is 12.1 Å². The molecule has 0 spiro atoms. The number of allylic oxidation sites excluding steroid dienone is 4. The maximum absolute atomic E-state index is 12.0. The summed E-state index contributed by atoms with van der Waals surface area (Å²) in [6, 6.07) is 0. The normalized spacial score (nSPS) is 13.4. The molecule has 0 heterocycles. The van der Waals surface area contributed by atoms with Crippen LogP contribution in [0.3, 0.4) is 0 Å². The zero-order chi connectivity index (χ0) is 8.69. The molecule has 0 bridgehead atoms. The van der Waals surface area contributed by atoms with Crippen molar-refractivity contribution in [3.8, 4) is 0 Å². The first-order valence-electron chi connectivity index (χ1n) is 3.53. The molecule has 0 aromatic heterocycles. The van der Waals surface area contributed by atoms with E-state index in [0.29, 0.717) is 4.91 Å². The molecular weight excluding hydrogens is 159 g/mol. The van der Waals surface area contributed by atoms with Crippen molar-refractivity contribution in [2.24, 2.45) is 0 Å². The molecule has 2 heteroatoms. The number of hydrogen-bond donors (Lipinski definition) is 0. The Labute approximate surface area is 72.2 Å². The molecule has 0 unspecified atom stereocenters. The van der Waals surface area contributed by atoms with Crippen LogP contribution in [-0.4, -0.2) is 0 Å². The summed E-state index contributed by atoms with van der Waals surface area (Å²) in [5.41, 5.74) is 1.23. The maximum atomic E-state index is 12.0. The van der Waals surface area contributed by atoms with Gasteiger partial charge < -0.3 is 0 Å². The van der Waals surface area contributed by atoms with Gasteiger partial charge in [0.15, 0.2) is 0 Å². The zero-order valence-corrected chi connectivity index (χ0v) is 7.75. The molecule has 0 rings (SSSR count). The number of rotatable bonds is 4. The monoisotopic (exact) mass is 172 g/mol. The van der Waals surface area contributed by atoms with Crippen LogP contribution in [0.1, 0.15) is 20.3 Å². The summed E-state index contributed by atoms with van der Waals surface area (Å²) >= 11 is 0.221. The first-order valence-corrected chi connectivity index (χ1v) is 4.24. The molecule has 0 aliphatic heterocycles. The highest BCUT2D eigenvalue weighted by atomic mass is 32.2. The van der Waals surface area contributed by atoms with E-state index in [4.69, 9.17) is 0 Å². The number of halogens is 1. The highest BCUT2D eigenvalue weighted by molar-refractivity contribution is 7.98. The number of hydrogen-bond acceptors (Lipinski definition) is 1. The molecule has 0 amide bonds. The van der Waals surface area contributed by atoms with Crippen LogP contribution in [0.15, 0.2) is 35.3 Å². The summed E-state index contributed by atoms with van der Waals surface area (Å²) in [6.07, 6.45) is 6.14. The van der Waals surface area contributed by atoms with Crippen molar-refractivity contribution in [2.75, 3.05) is 0 Å². The molecule has 0 radical (unpaired) electrons. The smallest absolute Gasteiger partial charge is 0.0811 e. The van der Waals surface area contributed by atoms with E-state index < -0.39 is 0 Å². The summed E-state index contributed by atoms with van der Waals surface area (Å²) < 4.78 is 12.0. The Hall–Kier alpha value is -0.500. The second kappa shape index (κ2) is 6.23. The van der Waals surface area contributed by atoms with Gasteiger partial charge in [-0.3, -0.25) is 0 Å². The molecule has 11 heavy (non-hydrogen) atoms. The van der Waals surface area contributed by atoms with Crippen LogP contribution < -0.4 is 0 Å². The van der Waals surface area contributed by atoms with Crippen LogP contribution in [-0.2, 0) is 0 Å². The van der Waals surface area contributed by atoms with Crippen LogP contribution in [0, 0.1) is 0 Å². The van der Waals surface area contributed by atoms with E-state index >= 15 is 0 Å². The average Bonchev–Trinajstić information content (AvgIpc) is 2.06. The summed E-state index contributed by atoms with van der Waals surface area (Å²) in [4.78, 5) is 0.554. The molecular formula is C9H13FS. The third-order valence-corrected chi connectivity index (χ3v) is 1.86. The van der Waals surface area contributed by atoms with Gasteiger partial charge in [-0.1, -0.05) is 31.2 Å². The van der Waals surface area contributed by atoms with E-state index in [1.807, 2.05) is 13.0 Å². The Bertz CT molecular complexity index is 180. The lowest BCUT2D eigenvalue weighted by atomic mass is 10.2. The van der Waals surface area contributed by atoms with Gasteiger partial charge in [0, 0.05) is 4.91 Å². The largest absolute Gasteiger partial charge is 0.160 e. The van der Waals surface area contributed by atoms with E-state index in [1.165, 1.54) is 11.6 Å². The first kappa shape index (κ1) is 10.5. The Balaban J connectivity index is 4.17. The molecule has 0 aliphatic rings. The molecule has 62 valence electrons. The lowest BCUT2D eigenvalue weighted by molar-refractivity contribution is 0.945. The third kappa shape index (κ3) is 4.85. The molecule has 0 fully saturated rings. The molecule has 0 N–H and O–H groups in total. The quantitative estimate of drug-likeness (QED) is 0.577. The predicted octanol–water partition coefficient (Wildman–Crippen LogP) is 4.03. The van der Waals surface area contributed by atoms with Crippen molar-refractivity contribution >= 4 is 12.1 Å². The second-order valence-electron chi connectivity index (χ2n) is 2.22. The molecule has 0 nitrogen and oxygen atoms in total. The van der Waals surface area contributed by atoms with Gasteiger partial charge in [-0.05, 0) is 19.4 Å². The van der Waals surface area contributed by atoms with Crippen molar-refractivity contribution in [1.29, 1.82) is 0 Å². The van der Waals surface area contributed by atoms with E-state index in [-0.39, 0.29) is 12.1 Å². The fraction of sp³-hybridized carbons (Fsp3) is 0.333. The molecule has 0 saturated heterocycles. The predicted molar refractivity (Wildman–Crippen MR) is 51.0 cm³/mol. The van der Waals surface area contributed by atoms with Gasteiger partial charge in [0.25, 0.3) is 0 Å². The first-order chi connectivity index (χ1) is 5.24. The molecule has 0 atom stereocenters. The fourth-order valence-corrected chi connectivity index (χ4v) is 0.650. The zero-order valence-electron chi connectivity index (χ0n) is 6.93. The minimum Gasteiger partial charge on any atom is -0.160 e. The summed E-state index contributed by atoms with van der Waals surface area (Å²) in [5.74, 6) is 0. The fourth-order valence-electron chi connectivity index (χ4n) is 0.467. The minimum absolute atomic E-state index is 0.221. The Morgan fingerprint density at radius 3 is 2.55 bits per heavy atom. The Morgan fingerprint density at radius 1 is 1.55 bits per heavy atom. The van der Waals surface area contributed by atoms with Gasteiger partial charge in [-0.25, -0.2) is 0 Å². The average molecular weight is 172 g/mol. The topological polar surface area (TPSA) is 0 Å². The minimum atomic E-state index is 0.221. The van der Waals surface area contributed by atoms with Gasteiger partial charge in [-0.15, -0.1) is 0 Å². The van der Waals surface area contributed by atoms with E-state index in [9.17, 15) is 3.89 Å². The van der Waals surface area contributed by atoms with Crippen LogP contribution in [0.5, 0.6) is 0 Å². The SMILES string of the molecule is C=C/C(=C\C=C(\C)CC)SF.